The van der Waals surface area contributed by atoms with Crippen molar-refractivity contribution < 1.29 is 85.8 Å². The van der Waals surface area contributed by atoms with Crippen LogP contribution in [0.25, 0.3) is 0 Å². The van der Waals surface area contributed by atoms with Crippen molar-refractivity contribution in [3.63, 3.8) is 0 Å². The van der Waals surface area contributed by atoms with E-state index in [4.69, 9.17) is 42.6 Å². The molecular formula is C72H104O18. The van der Waals surface area contributed by atoms with Gasteiger partial charge in [-0.3, -0.25) is 43.2 Å². The van der Waals surface area contributed by atoms with Crippen molar-refractivity contribution in [2.45, 2.75) is 249 Å². The summed E-state index contributed by atoms with van der Waals surface area (Å²) in [5.74, 6) is -3.05. The Hall–Kier alpha value is -5.55. The van der Waals surface area contributed by atoms with Gasteiger partial charge in [-0.05, 0) is 185 Å². The van der Waals surface area contributed by atoms with E-state index in [2.05, 4.69) is 41.5 Å². The molecule has 8 aliphatic carbocycles. The smallest absolute Gasteiger partial charge is 0.319 e. The highest BCUT2D eigenvalue weighted by Gasteiger charge is 2.70. The van der Waals surface area contributed by atoms with Crippen molar-refractivity contribution in [1.82, 2.24) is 0 Å². The summed E-state index contributed by atoms with van der Waals surface area (Å²) in [4.78, 5) is 118. The Kier molecular flexibility index (Phi) is 21.1. The molecule has 0 heterocycles. The van der Waals surface area contributed by atoms with Gasteiger partial charge in [-0.2, -0.15) is 0 Å². The maximum absolute atomic E-state index is 14.2. The molecule has 0 radical (unpaired) electrons. The van der Waals surface area contributed by atoms with Crippen LogP contribution in [-0.2, 0) is 92.4 Å². The van der Waals surface area contributed by atoms with Crippen LogP contribution in [0.15, 0.2) is 30.3 Å². The van der Waals surface area contributed by atoms with Gasteiger partial charge in [0, 0.05) is 77.0 Å². The van der Waals surface area contributed by atoms with Crippen molar-refractivity contribution >= 4 is 53.7 Å². The zero-order valence-electron chi connectivity index (χ0n) is 56.0. The second-order valence-electron chi connectivity index (χ2n) is 30.5. The molecular weight excluding hydrogens is 1150 g/mol. The van der Waals surface area contributed by atoms with Crippen molar-refractivity contribution in [2.75, 3.05) is 13.2 Å². The molecule has 90 heavy (non-hydrogen) atoms. The third kappa shape index (κ3) is 14.0. The summed E-state index contributed by atoms with van der Waals surface area (Å²) in [6.45, 7) is 22.8. The Morgan fingerprint density at radius 3 is 1.24 bits per heavy atom. The number of carbonyl (C=O) groups excluding carboxylic acids is 9. The lowest BCUT2D eigenvalue weighted by Gasteiger charge is -2.64. The number of rotatable bonds is 21. The van der Waals surface area contributed by atoms with E-state index in [-0.39, 0.29) is 162 Å². The highest BCUT2D eigenvalue weighted by atomic mass is 16.6. The van der Waals surface area contributed by atoms with Crippen LogP contribution in [0.3, 0.4) is 0 Å². The number of esters is 9. The number of hydrogen-bond acceptors (Lipinski definition) is 18. The first-order chi connectivity index (χ1) is 42.4. The normalized spacial score (nSPS) is 38.5. The topological polar surface area (TPSA) is 237 Å². The molecule has 0 aliphatic heterocycles. The number of hydrogen-bond donors (Lipinski definition) is 0. The molecule has 1 aromatic rings. The van der Waals surface area contributed by atoms with Crippen LogP contribution in [0.4, 0.5) is 0 Å². The van der Waals surface area contributed by atoms with Crippen LogP contribution >= 0.6 is 0 Å². The molecule has 18 heteroatoms. The Labute approximate surface area is 533 Å². The lowest BCUT2D eigenvalue weighted by Crippen LogP contribution is -2.63. The fourth-order valence-corrected chi connectivity index (χ4v) is 21.0. The fourth-order valence-electron chi connectivity index (χ4n) is 21.0. The van der Waals surface area contributed by atoms with E-state index >= 15 is 0 Å². The summed E-state index contributed by atoms with van der Waals surface area (Å²) in [6, 6.07) is 9.20. The minimum atomic E-state index is -1.57. The summed E-state index contributed by atoms with van der Waals surface area (Å²) in [7, 11) is 0. The maximum Gasteiger partial charge on any atom is 0.319 e. The van der Waals surface area contributed by atoms with Crippen LogP contribution in [0.5, 0.6) is 0 Å². The van der Waals surface area contributed by atoms with E-state index in [9.17, 15) is 43.2 Å². The number of ether oxygens (including phenoxy) is 9. The molecule has 1 aromatic carbocycles. The molecule has 18 nitrogen and oxygen atoms in total. The molecule has 0 unspecified atom stereocenters. The molecule has 8 fully saturated rings. The van der Waals surface area contributed by atoms with E-state index in [0.29, 0.717) is 51.4 Å². The van der Waals surface area contributed by atoms with Gasteiger partial charge in [0.1, 0.15) is 61.9 Å². The Balaban J connectivity index is 0.847. The third-order valence-electron chi connectivity index (χ3n) is 25.2. The number of benzene rings is 1. The van der Waals surface area contributed by atoms with Crippen LogP contribution in [-0.4, -0.2) is 104 Å². The predicted octanol–water partition coefficient (Wildman–Crippen LogP) is 12.0. The van der Waals surface area contributed by atoms with E-state index < -0.39 is 59.6 Å². The summed E-state index contributed by atoms with van der Waals surface area (Å²) in [5, 5.41) is 0. The Morgan fingerprint density at radius 2 is 0.867 bits per heavy atom. The van der Waals surface area contributed by atoms with Crippen LogP contribution < -0.4 is 0 Å². The van der Waals surface area contributed by atoms with Gasteiger partial charge in [-0.1, -0.05) is 71.9 Å². The number of carbonyl (C=O) groups is 9. The van der Waals surface area contributed by atoms with Gasteiger partial charge in [-0.15, -0.1) is 0 Å². The second-order valence-corrected chi connectivity index (χ2v) is 30.5. The van der Waals surface area contributed by atoms with Gasteiger partial charge in [-0.25, -0.2) is 0 Å². The molecule has 9 rings (SSSR count). The van der Waals surface area contributed by atoms with Gasteiger partial charge in [0.15, 0.2) is 0 Å². The monoisotopic (exact) mass is 1260 g/mol. The molecule has 0 bridgehead atoms. The van der Waals surface area contributed by atoms with Crippen molar-refractivity contribution in [3.8, 4) is 0 Å². The average molecular weight is 1260 g/mol. The lowest BCUT2D eigenvalue weighted by molar-refractivity contribution is -0.225. The molecule has 0 N–H and O–H groups in total. The molecule has 8 aliphatic rings. The second kappa shape index (κ2) is 27.6. The van der Waals surface area contributed by atoms with Gasteiger partial charge in [0.25, 0.3) is 0 Å². The summed E-state index contributed by atoms with van der Waals surface area (Å²) >= 11 is 0. The molecule has 0 saturated heterocycles. The van der Waals surface area contributed by atoms with Gasteiger partial charge >= 0.3 is 53.7 Å². The van der Waals surface area contributed by atoms with Gasteiger partial charge in [0.05, 0.1) is 0 Å². The lowest BCUT2D eigenvalue weighted by atomic mass is 9.43. The summed E-state index contributed by atoms with van der Waals surface area (Å²) in [6.07, 6.45) is 9.44. The van der Waals surface area contributed by atoms with Crippen molar-refractivity contribution in [1.29, 1.82) is 0 Å². The van der Waals surface area contributed by atoms with Crippen LogP contribution in [0, 0.1) is 98.1 Å². The highest BCUT2D eigenvalue weighted by molar-refractivity contribution is 5.78. The Morgan fingerprint density at radius 1 is 0.478 bits per heavy atom. The number of fused-ring (bicyclic) bond motifs is 10. The van der Waals surface area contributed by atoms with Crippen molar-refractivity contribution in [2.24, 2.45) is 98.1 Å². The predicted molar refractivity (Wildman–Crippen MR) is 328 cm³/mol. The molecule has 0 spiro atoms. The highest BCUT2D eigenvalue weighted by Crippen LogP contribution is 2.71. The van der Waals surface area contributed by atoms with Gasteiger partial charge < -0.3 is 42.6 Å². The van der Waals surface area contributed by atoms with E-state index in [0.717, 1.165) is 56.9 Å². The molecule has 500 valence electrons. The molecule has 0 amide bonds. The Bertz CT molecular complexity index is 2660. The quantitative estimate of drug-likeness (QED) is 0.0821. The SMILES string of the molecule is CC(=O)O[C@@H]1CC[C@@]2(C)[C@@H](C1)C[C@@H](OC(C)=O)[C@@H]1[C@@H]2C[C@H](OC(C)=O)[C@]2(C)[C@@H]([C@H](C)CCC(=O)OCC(C)(COC(=O)CC[C@@H](C)[C@H]3CC[C@H]4[C@@H]5[C@H](OC(C)=O)C[C@@H]6C[C@H](OC(C)=O)CC[C@]6(C)[C@H]5C[C@H](OC(C)=O)[C@]34C)C(=O)OCc3ccccc3)CC[C@@H]12. The molecule has 22 atom stereocenters. The first kappa shape index (κ1) is 68.8. The average Bonchev–Trinajstić information content (AvgIpc) is 0.772. The largest absolute Gasteiger partial charge is 0.464 e. The molecule has 8 saturated carbocycles. The third-order valence-corrected chi connectivity index (χ3v) is 25.2. The zero-order chi connectivity index (χ0) is 65.4. The zero-order valence-corrected chi connectivity index (χ0v) is 56.0. The summed E-state index contributed by atoms with van der Waals surface area (Å²) < 4.78 is 54.6. The van der Waals surface area contributed by atoms with Crippen LogP contribution in [0.2, 0.25) is 0 Å². The molecule has 0 aromatic heterocycles. The summed E-state index contributed by atoms with van der Waals surface area (Å²) in [5.41, 5.74) is -2.12. The fraction of sp³-hybridized carbons (Fsp3) is 0.792. The standard InChI is InChI=1S/C72H104O18/c1-40(53-21-23-55-65-57(35-61(71(53,55)12)89-46(7)77)69(10)29-27-51(85-42(3)73)31-49(69)33-59(65)87-44(5)75)19-25-63(79)83-38-68(9,67(81)82-37-48-17-15-14-16-18-48)39-84-64(80)26-20-41(2)54-22-24-56-66-58(36-62(72(54,56)13)90-47(8)78)70(11)30-28-52(86-43(4)74)32-50(70)34-60(66)88-45(6)76/h14-18,40-41,49-62,65-66H,19-39H2,1-13H3/t40-,41-,49+,50+,51-,52-,53-,54-,55+,56+,57+,58+,59-,60-,61+,62+,65+,66+,69+,70+,71-,72-/m1/s1. The minimum Gasteiger partial charge on any atom is -0.464 e. The first-order valence-corrected chi connectivity index (χ1v) is 34.0. The van der Waals surface area contributed by atoms with Gasteiger partial charge in [0.2, 0.25) is 0 Å². The van der Waals surface area contributed by atoms with E-state index in [1.165, 1.54) is 41.5 Å². The van der Waals surface area contributed by atoms with E-state index in [1.807, 2.05) is 30.3 Å². The van der Waals surface area contributed by atoms with E-state index in [1.54, 1.807) is 6.92 Å². The first-order valence-electron chi connectivity index (χ1n) is 34.0. The van der Waals surface area contributed by atoms with Crippen molar-refractivity contribution in [3.05, 3.63) is 35.9 Å². The maximum atomic E-state index is 14.2. The van der Waals surface area contributed by atoms with Crippen LogP contribution in [0.1, 0.15) is 211 Å². The minimum absolute atomic E-state index is 0.0201.